The summed E-state index contributed by atoms with van der Waals surface area (Å²) in [6.45, 7) is 0.895. The van der Waals surface area contributed by atoms with E-state index in [-0.39, 0.29) is 0 Å². The van der Waals surface area contributed by atoms with Crippen LogP contribution in [0.2, 0.25) is 0 Å². The maximum absolute atomic E-state index is 5.26. The third-order valence-corrected chi connectivity index (χ3v) is 1.28. The smallest absolute Gasteiger partial charge is 0.229 e. The average molecular weight is 162 g/mol. The first-order valence-corrected chi connectivity index (χ1v) is 3.63. The second-order valence-electron chi connectivity index (χ2n) is 2.14. The Balaban J connectivity index is 2.77. The Morgan fingerprint density at radius 1 is 1.67 bits per heavy atom. The van der Waals surface area contributed by atoms with Crippen LogP contribution < -0.4 is 10.5 Å². The van der Waals surface area contributed by atoms with Crippen LogP contribution in [-0.4, -0.2) is 18.1 Å². The first-order valence-electron chi connectivity index (χ1n) is 3.63. The Morgan fingerprint density at radius 3 is 3.17 bits per heavy atom. The molecule has 0 saturated carbocycles. The van der Waals surface area contributed by atoms with Gasteiger partial charge in [0.25, 0.3) is 0 Å². The zero-order valence-electron chi connectivity index (χ0n) is 6.66. The quantitative estimate of drug-likeness (QED) is 0.654. The lowest BCUT2D eigenvalue weighted by atomic mass is 10.3. The lowest BCUT2D eigenvalue weighted by Gasteiger charge is -2.03. The van der Waals surface area contributed by atoms with Crippen molar-refractivity contribution in [3.63, 3.8) is 0 Å². The van der Waals surface area contributed by atoms with Gasteiger partial charge < -0.3 is 10.5 Å². The molecule has 3 heteroatoms. The summed E-state index contributed by atoms with van der Waals surface area (Å²) < 4.78 is 5.20. The van der Waals surface area contributed by atoms with Crippen LogP contribution in [0.3, 0.4) is 0 Å². The largest absolute Gasteiger partial charge is 0.475 e. The molecule has 1 rings (SSSR count). The van der Waals surface area contributed by atoms with E-state index >= 15 is 0 Å². The van der Waals surface area contributed by atoms with E-state index in [0.717, 1.165) is 0 Å². The fourth-order valence-corrected chi connectivity index (χ4v) is 0.771. The normalized spacial score (nSPS) is 9.00. The second-order valence-corrected chi connectivity index (χ2v) is 2.14. The molecule has 1 aromatic heterocycles. The first-order chi connectivity index (χ1) is 5.88. The molecular formula is C9H10N2O. The van der Waals surface area contributed by atoms with Crippen molar-refractivity contribution in [1.82, 2.24) is 4.98 Å². The Morgan fingerprint density at radius 2 is 2.50 bits per heavy atom. The topological polar surface area (TPSA) is 48.1 Å². The summed E-state index contributed by atoms with van der Waals surface area (Å²) in [5.74, 6) is 2.95. The molecule has 0 aromatic carbocycles. The Hall–Kier alpha value is -1.53. The summed E-state index contributed by atoms with van der Waals surface area (Å²) in [7, 11) is 0. The number of nitrogens with zero attached hydrogens (tertiary/aromatic N) is 1. The lowest BCUT2D eigenvalue weighted by molar-refractivity contribution is 0.315. The second kappa shape index (κ2) is 4.37. The summed E-state index contributed by atoms with van der Waals surface area (Å²) >= 11 is 0. The van der Waals surface area contributed by atoms with Gasteiger partial charge in [-0.15, -0.1) is 6.42 Å². The summed E-state index contributed by atoms with van der Waals surface area (Å²) in [6, 6.07) is 3.54. The zero-order chi connectivity index (χ0) is 8.81. The van der Waals surface area contributed by atoms with E-state index in [1.54, 1.807) is 18.3 Å². The minimum absolute atomic E-state index is 0.436. The molecule has 3 nitrogen and oxygen atoms in total. The van der Waals surface area contributed by atoms with Gasteiger partial charge in [-0.2, -0.15) is 0 Å². The van der Waals surface area contributed by atoms with Gasteiger partial charge in [0, 0.05) is 12.7 Å². The molecule has 0 fully saturated rings. The van der Waals surface area contributed by atoms with E-state index < -0.39 is 0 Å². The molecular weight excluding hydrogens is 152 g/mol. The molecule has 0 aliphatic carbocycles. The monoisotopic (exact) mass is 162 g/mol. The van der Waals surface area contributed by atoms with Crippen molar-refractivity contribution in [3.05, 3.63) is 23.9 Å². The van der Waals surface area contributed by atoms with E-state index in [2.05, 4.69) is 10.9 Å². The van der Waals surface area contributed by atoms with Crippen molar-refractivity contribution in [2.75, 3.05) is 13.2 Å². The Bertz CT molecular complexity index is 291. The molecule has 0 atom stereocenters. The van der Waals surface area contributed by atoms with Gasteiger partial charge in [-0.3, -0.25) is 0 Å². The molecule has 0 bridgehead atoms. The van der Waals surface area contributed by atoms with E-state index in [0.29, 0.717) is 24.6 Å². The van der Waals surface area contributed by atoms with Crippen molar-refractivity contribution in [1.29, 1.82) is 0 Å². The fourth-order valence-electron chi connectivity index (χ4n) is 0.771. The van der Waals surface area contributed by atoms with Gasteiger partial charge in [-0.25, -0.2) is 4.98 Å². The maximum atomic E-state index is 5.26. The standard InChI is InChI=1S/C9H10N2O/c1-2-8-4-3-6-11-9(8)12-7-5-10/h1,3-4,6H,5,7,10H2. The predicted molar refractivity (Wildman–Crippen MR) is 46.7 cm³/mol. The molecule has 1 aromatic rings. The van der Waals surface area contributed by atoms with E-state index in [1.165, 1.54) is 0 Å². The highest BCUT2D eigenvalue weighted by Crippen LogP contribution is 2.11. The number of pyridine rings is 1. The summed E-state index contributed by atoms with van der Waals surface area (Å²) in [6.07, 6.45) is 6.85. The van der Waals surface area contributed by atoms with Crippen molar-refractivity contribution >= 4 is 0 Å². The number of rotatable bonds is 3. The highest BCUT2D eigenvalue weighted by molar-refractivity contribution is 5.39. The van der Waals surface area contributed by atoms with Crippen LogP contribution in [-0.2, 0) is 0 Å². The van der Waals surface area contributed by atoms with Gasteiger partial charge in [0.2, 0.25) is 5.88 Å². The van der Waals surface area contributed by atoms with Crippen LogP contribution in [0.5, 0.6) is 5.88 Å². The summed E-state index contributed by atoms with van der Waals surface area (Å²) in [5, 5.41) is 0. The molecule has 0 spiro atoms. The van der Waals surface area contributed by atoms with Crippen LogP contribution in [0, 0.1) is 12.3 Å². The SMILES string of the molecule is C#Cc1cccnc1OCCN. The van der Waals surface area contributed by atoms with Gasteiger partial charge in [0.05, 0.1) is 5.56 Å². The minimum atomic E-state index is 0.436. The van der Waals surface area contributed by atoms with Crippen molar-refractivity contribution in [3.8, 4) is 18.2 Å². The van der Waals surface area contributed by atoms with E-state index in [9.17, 15) is 0 Å². The molecule has 0 radical (unpaired) electrons. The van der Waals surface area contributed by atoms with Gasteiger partial charge in [-0.1, -0.05) is 5.92 Å². The van der Waals surface area contributed by atoms with Crippen LogP contribution in [0.1, 0.15) is 5.56 Å². The molecule has 0 aliphatic rings. The van der Waals surface area contributed by atoms with Crippen LogP contribution in [0.15, 0.2) is 18.3 Å². The van der Waals surface area contributed by atoms with Gasteiger partial charge in [-0.05, 0) is 12.1 Å². The van der Waals surface area contributed by atoms with Crippen LogP contribution >= 0.6 is 0 Å². The van der Waals surface area contributed by atoms with E-state index in [1.807, 2.05) is 0 Å². The third-order valence-electron chi connectivity index (χ3n) is 1.28. The van der Waals surface area contributed by atoms with E-state index in [4.69, 9.17) is 16.9 Å². The number of ether oxygens (including phenoxy) is 1. The number of terminal acetylenes is 1. The molecule has 0 amide bonds. The summed E-state index contributed by atoms with van der Waals surface area (Å²) in [5.41, 5.74) is 5.92. The van der Waals surface area contributed by atoms with Gasteiger partial charge in [0.1, 0.15) is 6.61 Å². The molecule has 1 heterocycles. The fraction of sp³-hybridized carbons (Fsp3) is 0.222. The maximum Gasteiger partial charge on any atom is 0.229 e. The first kappa shape index (κ1) is 8.57. The third kappa shape index (κ3) is 1.97. The van der Waals surface area contributed by atoms with Crippen molar-refractivity contribution in [2.45, 2.75) is 0 Å². The van der Waals surface area contributed by atoms with Crippen LogP contribution in [0.4, 0.5) is 0 Å². The zero-order valence-corrected chi connectivity index (χ0v) is 6.66. The number of hydrogen-bond acceptors (Lipinski definition) is 3. The molecule has 0 aliphatic heterocycles. The number of aromatic nitrogens is 1. The lowest BCUT2D eigenvalue weighted by Crippen LogP contribution is -2.11. The van der Waals surface area contributed by atoms with Gasteiger partial charge in [0.15, 0.2) is 0 Å². The number of nitrogens with two attached hydrogens (primary N) is 1. The number of hydrogen-bond donors (Lipinski definition) is 1. The predicted octanol–water partition coefficient (Wildman–Crippen LogP) is 0.400. The Labute approximate surface area is 71.6 Å². The Kier molecular flexibility index (Phi) is 3.12. The molecule has 62 valence electrons. The highest BCUT2D eigenvalue weighted by Gasteiger charge is 1.99. The summed E-state index contributed by atoms with van der Waals surface area (Å²) in [4.78, 5) is 3.97. The average Bonchev–Trinajstić information content (AvgIpc) is 2.15. The minimum Gasteiger partial charge on any atom is -0.475 e. The van der Waals surface area contributed by atoms with Crippen molar-refractivity contribution in [2.24, 2.45) is 5.73 Å². The van der Waals surface area contributed by atoms with Gasteiger partial charge >= 0.3 is 0 Å². The molecule has 0 unspecified atom stereocenters. The molecule has 12 heavy (non-hydrogen) atoms. The highest BCUT2D eigenvalue weighted by atomic mass is 16.5. The molecule has 0 saturated heterocycles. The molecule has 2 N–H and O–H groups in total. The van der Waals surface area contributed by atoms with Crippen molar-refractivity contribution < 1.29 is 4.74 Å². The van der Waals surface area contributed by atoms with Crippen LogP contribution in [0.25, 0.3) is 0 Å².